The zero-order valence-corrected chi connectivity index (χ0v) is 15.7. The van der Waals surface area contributed by atoms with E-state index in [1.165, 1.54) is 0 Å². The van der Waals surface area contributed by atoms with E-state index in [2.05, 4.69) is 0 Å². The molecule has 0 aliphatic carbocycles. The van der Waals surface area contributed by atoms with Crippen LogP contribution in [-0.4, -0.2) is 0 Å². The normalized spacial score (nSPS) is 10.7. The average Bonchev–Trinajstić information content (AvgIpc) is 2.70. The Bertz CT molecular complexity index is 1130. The van der Waals surface area contributed by atoms with Gasteiger partial charge in [-0.05, 0) is 53.6 Å². The Hall–Kier alpha value is -2.81. The van der Waals surface area contributed by atoms with Gasteiger partial charge in [-0.3, -0.25) is 0 Å². The maximum Gasteiger partial charge on any atom is 0.344 e. The number of rotatable bonds is 3. The fourth-order valence-corrected chi connectivity index (χ4v) is 3.20. The molecule has 0 unspecified atom stereocenters. The first-order chi connectivity index (χ1) is 13.1. The molecule has 0 bridgehead atoms. The molecule has 1 heterocycles. The number of hydrogen-bond acceptors (Lipinski definition) is 2. The minimum Gasteiger partial charge on any atom is -0.422 e. The number of hydrogen-bond donors (Lipinski definition) is 0. The van der Waals surface area contributed by atoms with Crippen LogP contribution in [0.1, 0.15) is 0 Å². The summed E-state index contributed by atoms with van der Waals surface area (Å²) in [6.45, 7) is 0. The predicted octanol–water partition coefficient (Wildman–Crippen LogP) is 6.95. The summed E-state index contributed by atoms with van der Waals surface area (Å²) in [5, 5.41) is 1.27. The second kappa shape index (κ2) is 7.43. The number of benzene rings is 3. The van der Waals surface area contributed by atoms with Crippen LogP contribution < -0.4 is 5.63 Å². The Morgan fingerprint density at radius 3 is 1.70 bits per heavy atom. The van der Waals surface area contributed by atoms with Crippen molar-refractivity contribution in [1.82, 2.24) is 0 Å². The van der Waals surface area contributed by atoms with Crippen molar-refractivity contribution < 1.29 is 4.42 Å². The van der Waals surface area contributed by atoms with Gasteiger partial charge in [0.25, 0.3) is 0 Å². The molecule has 4 rings (SSSR count). The molecule has 0 fully saturated rings. The molecule has 0 aliphatic rings. The molecular weight excluding hydrogens is 379 g/mol. The Morgan fingerprint density at radius 1 is 0.593 bits per heavy atom. The summed E-state index contributed by atoms with van der Waals surface area (Å²) < 4.78 is 5.77. The van der Waals surface area contributed by atoms with Gasteiger partial charge in [0.15, 0.2) is 0 Å². The molecular formula is C23H14Cl2O2. The monoisotopic (exact) mass is 392 g/mol. The molecule has 4 aromatic rings. The second-order valence-electron chi connectivity index (χ2n) is 6.07. The van der Waals surface area contributed by atoms with Crippen LogP contribution in [-0.2, 0) is 0 Å². The van der Waals surface area contributed by atoms with Crippen molar-refractivity contribution in [2.75, 3.05) is 0 Å². The SMILES string of the molecule is O=c1oc(-c2ccc(Cl)cc2)c(-c2ccc(Cl)cc2)cc1-c1ccccc1. The molecule has 0 saturated heterocycles. The molecule has 2 nitrogen and oxygen atoms in total. The minimum absolute atomic E-state index is 0.385. The molecule has 4 heteroatoms. The molecule has 0 radical (unpaired) electrons. The average molecular weight is 393 g/mol. The Balaban J connectivity index is 1.98. The second-order valence-corrected chi connectivity index (χ2v) is 6.94. The van der Waals surface area contributed by atoms with E-state index in [4.69, 9.17) is 27.6 Å². The van der Waals surface area contributed by atoms with Crippen molar-refractivity contribution in [3.05, 3.63) is 105 Å². The summed E-state index contributed by atoms with van der Waals surface area (Å²) in [5.74, 6) is 0.499. The lowest BCUT2D eigenvalue weighted by Crippen LogP contribution is -2.05. The maximum absolute atomic E-state index is 12.7. The molecule has 0 aliphatic heterocycles. The first-order valence-electron chi connectivity index (χ1n) is 8.37. The molecule has 0 N–H and O–H groups in total. The van der Waals surface area contributed by atoms with Crippen LogP contribution in [0.3, 0.4) is 0 Å². The zero-order valence-electron chi connectivity index (χ0n) is 14.2. The van der Waals surface area contributed by atoms with Crippen molar-refractivity contribution >= 4 is 23.2 Å². The summed E-state index contributed by atoms with van der Waals surface area (Å²) in [4.78, 5) is 12.7. The topological polar surface area (TPSA) is 30.2 Å². The molecule has 1 aromatic heterocycles. The van der Waals surface area contributed by atoms with Crippen molar-refractivity contribution in [1.29, 1.82) is 0 Å². The zero-order chi connectivity index (χ0) is 18.8. The summed E-state index contributed by atoms with van der Waals surface area (Å²) in [7, 11) is 0. The van der Waals surface area contributed by atoms with E-state index in [0.717, 1.165) is 22.3 Å². The van der Waals surface area contributed by atoms with Gasteiger partial charge in [0.2, 0.25) is 0 Å². The van der Waals surface area contributed by atoms with E-state index in [9.17, 15) is 4.79 Å². The van der Waals surface area contributed by atoms with Crippen molar-refractivity contribution in [2.45, 2.75) is 0 Å². The standard InChI is InChI=1S/C23H14Cl2O2/c24-18-10-6-16(7-11-18)20-14-21(15-4-2-1-3-5-15)23(26)27-22(20)17-8-12-19(25)13-9-17/h1-14H. The lowest BCUT2D eigenvalue weighted by Gasteiger charge is -2.11. The van der Waals surface area contributed by atoms with E-state index in [1.54, 1.807) is 12.1 Å². The third-order valence-corrected chi connectivity index (χ3v) is 4.80. The van der Waals surface area contributed by atoms with Gasteiger partial charge in [-0.1, -0.05) is 65.7 Å². The van der Waals surface area contributed by atoms with Gasteiger partial charge in [-0.15, -0.1) is 0 Å². The van der Waals surface area contributed by atoms with E-state index >= 15 is 0 Å². The molecule has 27 heavy (non-hydrogen) atoms. The first-order valence-corrected chi connectivity index (χ1v) is 9.13. The predicted molar refractivity (Wildman–Crippen MR) is 111 cm³/mol. The van der Waals surface area contributed by atoms with Crippen LogP contribution in [0, 0.1) is 0 Å². The smallest absolute Gasteiger partial charge is 0.344 e. The van der Waals surface area contributed by atoms with Gasteiger partial charge in [-0.2, -0.15) is 0 Å². The van der Waals surface area contributed by atoms with Gasteiger partial charge < -0.3 is 4.42 Å². The number of halogens is 2. The quantitative estimate of drug-likeness (QED) is 0.377. The fourth-order valence-electron chi connectivity index (χ4n) is 2.95. The lowest BCUT2D eigenvalue weighted by atomic mass is 9.97. The minimum atomic E-state index is -0.385. The summed E-state index contributed by atoms with van der Waals surface area (Å²) in [5.41, 5.74) is 3.44. The fraction of sp³-hybridized carbons (Fsp3) is 0. The highest BCUT2D eigenvalue weighted by Gasteiger charge is 2.16. The van der Waals surface area contributed by atoms with Crippen molar-refractivity contribution in [3.63, 3.8) is 0 Å². The molecule has 3 aromatic carbocycles. The van der Waals surface area contributed by atoms with Crippen LogP contribution in [0.2, 0.25) is 10.0 Å². The summed E-state index contributed by atoms with van der Waals surface area (Å²) in [6.07, 6.45) is 0. The molecule has 132 valence electrons. The van der Waals surface area contributed by atoms with E-state index < -0.39 is 0 Å². The summed E-state index contributed by atoms with van der Waals surface area (Å²) in [6, 6.07) is 26.0. The van der Waals surface area contributed by atoms with Gasteiger partial charge >= 0.3 is 5.63 Å². The highest BCUT2D eigenvalue weighted by molar-refractivity contribution is 6.31. The van der Waals surface area contributed by atoms with Crippen LogP contribution in [0.5, 0.6) is 0 Å². The van der Waals surface area contributed by atoms with E-state index in [0.29, 0.717) is 21.4 Å². The van der Waals surface area contributed by atoms with Crippen LogP contribution in [0.4, 0.5) is 0 Å². The van der Waals surface area contributed by atoms with Crippen LogP contribution >= 0.6 is 23.2 Å². The third-order valence-electron chi connectivity index (χ3n) is 4.29. The van der Waals surface area contributed by atoms with Crippen LogP contribution in [0.25, 0.3) is 33.6 Å². The van der Waals surface area contributed by atoms with Crippen molar-refractivity contribution in [2.24, 2.45) is 0 Å². The molecule has 0 amide bonds. The van der Waals surface area contributed by atoms with Gasteiger partial charge in [0, 0.05) is 21.2 Å². The first kappa shape index (κ1) is 17.6. The van der Waals surface area contributed by atoms with Gasteiger partial charge in [0.1, 0.15) is 5.76 Å². The highest BCUT2D eigenvalue weighted by Crippen LogP contribution is 2.34. The Kier molecular flexibility index (Phi) is 4.85. The van der Waals surface area contributed by atoms with Gasteiger partial charge in [-0.25, -0.2) is 4.79 Å². The molecule has 0 spiro atoms. The Morgan fingerprint density at radius 2 is 1.11 bits per heavy atom. The Labute approximate surface area is 166 Å². The van der Waals surface area contributed by atoms with Crippen LogP contribution in [0.15, 0.2) is 94.1 Å². The molecule has 0 atom stereocenters. The highest BCUT2D eigenvalue weighted by atomic mass is 35.5. The van der Waals surface area contributed by atoms with Gasteiger partial charge in [0.05, 0.1) is 5.56 Å². The van der Waals surface area contributed by atoms with Crippen molar-refractivity contribution in [3.8, 4) is 33.6 Å². The van der Waals surface area contributed by atoms with E-state index in [1.807, 2.05) is 72.8 Å². The lowest BCUT2D eigenvalue weighted by molar-refractivity contribution is 0.530. The third kappa shape index (κ3) is 3.68. The summed E-state index contributed by atoms with van der Waals surface area (Å²) >= 11 is 12.0. The molecule has 0 saturated carbocycles. The largest absolute Gasteiger partial charge is 0.422 e. The van der Waals surface area contributed by atoms with E-state index in [-0.39, 0.29) is 5.63 Å². The maximum atomic E-state index is 12.7.